The molecular weight excluding hydrogens is 901 g/mol. The Morgan fingerprint density at radius 3 is 0.699 bits per heavy atom. The van der Waals surface area contributed by atoms with Crippen molar-refractivity contribution in [3.05, 3.63) is 24.3 Å². The summed E-state index contributed by atoms with van der Waals surface area (Å²) in [6.45, 7) is 6.69. The van der Waals surface area contributed by atoms with Crippen LogP contribution in [0.15, 0.2) is 24.3 Å². The van der Waals surface area contributed by atoms with E-state index in [-0.39, 0.29) is 31.1 Å². The van der Waals surface area contributed by atoms with Gasteiger partial charge in [-0.3, -0.25) is 14.4 Å². The molecule has 0 amide bonds. The van der Waals surface area contributed by atoms with Crippen LogP contribution < -0.4 is 0 Å². The van der Waals surface area contributed by atoms with Gasteiger partial charge in [0.25, 0.3) is 0 Å². The smallest absolute Gasteiger partial charge is 0.306 e. The first-order valence-corrected chi connectivity index (χ1v) is 32.8. The minimum Gasteiger partial charge on any atom is -0.462 e. The van der Waals surface area contributed by atoms with Crippen LogP contribution >= 0.6 is 0 Å². The molecule has 0 N–H and O–H groups in total. The van der Waals surface area contributed by atoms with E-state index in [2.05, 4.69) is 45.1 Å². The van der Waals surface area contributed by atoms with E-state index in [0.717, 1.165) is 57.8 Å². The second kappa shape index (κ2) is 62.4. The molecule has 0 unspecified atom stereocenters. The number of hydrogen-bond donors (Lipinski definition) is 0. The molecule has 6 heteroatoms. The molecule has 0 saturated carbocycles. The standard InChI is InChI=1S/C67H126O6/c1-4-7-10-13-16-19-22-25-28-30-32-33-35-36-39-42-45-48-51-54-57-60-66(69)72-63-64(62-71-65(68)59-56-53-50-47-44-41-38-27-24-21-18-15-12-9-6-3)73-67(70)61-58-55-52-49-46-43-40-37-34-31-29-26-23-20-17-14-11-8-5-2/h21,24,26,29,64H,4-20,22-23,25,27-28,30-63H2,1-3H3/b24-21-,29-26-/t64-/m1/s1. The topological polar surface area (TPSA) is 78.9 Å². The summed E-state index contributed by atoms with van der Waals surface area (Å²) in [6.07, 6.45) is 74.7. The number of hydrogen-bond acceptors (Lipinski definition) is 6. The van der Waals surface area contributed by atoms with Gasteiger partial charge in [-0.25, -0.2) is 0 Å². The van der Waals surface area contributed by atoms with E-state index in [4.69, 9.17) is 14.2 Å². The van der Waals surface area contributed by atoms with Crippen LogP contribution in [-0.2, 0) is 28.6 Å². The summed E-state index contributed by atoms with van der Waals surface area (Å²) in [4.78, 5) is 38.3. The fraction of sp³-hybridized carbons (Fsp3) is 0.896. The zero-order valence-corrected chi connectivity index (χ0v) is 49.4. The monoisotopic (exact) mass is 1030 g/mol. The van der Waals surface area contributed by atoms with Gasteiger partial charge in [-0.05, 0) is 70.6 Å². The summed E-state index contributed by atoms with van der Waals surface area (Å²) in [5, 5.41) is 0. The van der Waals surface area contributed by atoms with Crippen LogP contribution in [0.2, 0.25) is 0 Å². The number of carbonyl (C=O) groups excluding carboxylic acids is 3. The van der Waals surface area contributed by atoms with Crippen LogP contribution in [0, 0.1) is 0 Å². The van der Waals surface area contributed by atoms with E-state index in [9.17, 15) is 14.4 Å². The molecule has 0 aliphatic carbocycles. The van der Waals surface area contributed by atoms with E-state index in [0.29, 0.717) is 19.3 Å². The lowest BCUT2D eigenvalue weighted by molar-refractivity contribution is -0.167. The summed E-state index contributed by atoms with van der Waals surface area (Å²) in [7, 11) is 0. The van der Waals surface area contributed by atoms with E-state index < -0.39 is 6.10 Å². The Morgan fingerprint density at radius 1 is 0.260 bits per heavy atom. The van der Waals surface area contributed by atoms with Crippen LogP contribution in [0.1, 0.15) is 367 Å². The average molecular weight is 1030 g/mol. The van der Waals surface area contributed by atoms with Crippen molar-refractivity contribution in [1.29, 1.82) is 0 Å². The molecule has 0 rings (SSSR count). The highest BCUT2D eigenvalue weighted by molar-refractivity contribution is 5.71. The minimum atomic E-state index is -0.771. The quantitative estimate of drug-likeness (QED) is 0.0261. The third kappa shape index (κ3) is 60.6. The predicted molar refractivity (Wildman–Crippen MR) is 316 cm³/mol. The molecule has 0 bridgehead atoms. The maximum Gasteiger partial charge on any atom is 0.306 e. The molecule has 0 spiro atoms. The maximum absolute atomic E-state index is 12.9. The van der Waals surface area contributed by atoms with Crippen molar-refractivity contribution >= 4 is 17.9 Å². The predicted octanol–water partition coefficient (Wildman–Crippen LogP) is 22.2. The van der Waals surface area contributed by atoms with Crippen molar-refractivity contribution in [2.24, 2.45) is 0 Å². The number of allylic oxidation sites excluding steroid dienone is 4. The molecule has 73 heavy (non-hydrogen) atoms. The highest BCUT2D eigenvalue weighted by Gasteiger charge is 2.19. The third-order valence-electron chi connectivity index (χ3n) is 14.9. The van der Waals surface area contributed by atoms with Crippen molar-refractivity contribution in [2.75, 3.05) is 13.2 Å². The molecule has 430 valence electrons. The fourth-order valence-corrected chi connectivity index (χ4v) is 9.97. The average Bonchev–Trinajstić information content (AvgIpc) is 3.39. The molecule has 0 aromatic rings. The van der Waals surface area contributed by atoms with Crippen LogP contribution in [0.3, 0.4) is 0 Å². The number of unbranched alkanes of at least 4 members (excludes halogenated alkanes) is 46. The normalized spacial score (nSPS) is 12.1. The molecule has 0 saturated heterocycles. The summed E-state index contributed by atoms with van der Waals surface area (Å²) in [6, 6.07) is 0. The first-order valence-electron chi connectivity index (χ1n) is 32.8. The fourth-order valence-electron chi connectivity index (χ4n) is 9.97. The van der Waals surface area contributed by atoms with Crippen molar-refractivity contribution < 1.29 is 28.6 Å². The van der Waals surface area contributed by atoms with Gasteiger partial charge < -0.3 is 14.2 Å². The van der Waals surface area contributed by atoms with E-state index in [1.807, 2.05) is 0 Å². The van der Waals surface area contributed by atoms with Gasteiger partial charge in [-0.1, -0.05) is 302 Å². The lowest BCUT2D eigenvalue weighted by Crippen LogP contribution is -2.30. The summed E-state index contributed by atoms with van der Waals surface area (Å²) in [5.41, 5.74) is 0. The first kappa shape index (κ1) is 70.9. The molecule has 6 nitrogen and oxygen atoms in total. The van der Waals surface area contributed by atoms with Crippen molar-refractivity contribution in [3.8, 4) is 0 Å². The van der Waals surface area contributed by atoms with Crippen LogP contribution in [0.25, 0.3) is 0 Å². The molecule has 0 aliphatic heterocycles. The SMILES string of the molecule is CCCCCC/C=C\CCCCCCCCCC(=O)OC[C@H](COC(=O)CCCCCCCCCCCCCCCCCCCCCCC)OC(=O)CCCCCCCCCCC/C=C\CCCCCCCC. The number of esters is 3. The lowest BCUT2D eigenvalue weighted by atomic mass is 10.0. The Morgan fingerprint density at radius 2 is 0.452 bits per heavy atom. The van der Waals surface area contributed by atoms with Crippen molar-refractivity contribution in [2.45, 2.75) is 374 Å². The molecule has 0 fully saturated rings. The highest BCUT2D eigenvalue weighted by atomic mass is 16.6. The number of rotatable bonds is 61. The van der Waals surface area contributed by atoms with Gasteiger partial charge in [0.1, 0.15) is 13.2 Å². The first-order chi connectivity index (χ1) is 36.0. The van der Waals surface area contributed by atoms with E-state index >= 15 is 0 Å². The molecule has 0 aromatic heterocycles. The number of carbonyl (C=O) groups is 3. The Bertz CT molecular complexity index is 1180. The van der Waals surface area contributed by atoms with E-state index in [1.54, 1.807) is 0 Å². The van der Waals surface area contributed by atoms with Crippen molar-refractivity contribution in [3.63, 3.8) is 0 Å². The van der Waals surface area contributed by atoms with E-state index in [1.165, 1.54) is 270 Å². The zero-order chi connectivity index (χ0) is 52.9. The third-order valence-corrected chi connectivity index (χ3v) is 14.9. The van der Waals surface area contributed by atoms with Gasteiger partial charge in [0.2, 0.25) is 0 Å². The lowest BCUT2D eigenvalue weighted by Gasteiger charge is -2.18. The number of ether oxygens (including phenoxy) is 3. The van der Waals surface area contributed by atoms with Crippen molar-refractivity contribution in [1.82, 2.24) is 0 Å². The molecule has 0 aliphatic rings. The minimum absolute atomic E-state index is 0.0681. The molecule has 0 radical (unpaired) electrons. The Balaban J connectivity index is 4.29. The second-order valence-corrected chi connectivity index (χ2v) is 22.4. The van der Waals surface area contributed by atoms with Gasteiger partial charge in [-0.15, -0.1) is 0 Å². The van der Waals surface area contributed by atoms with Gasteiger partial charge >= 0.3 is 17.9 Å². The molecule has 0 aromatic carbocycles. The van der Waals surface area contributed by atoms with Gasteiger partial charge in [0.15, 0.2) is 6.10 Å². The van der Waals surface area contributed by atoms with Crippen LogP contribution in [-0.4, -0.2) is 37.2 Å². The Kier molecular flexibility index (Phi) is 60.6. The highest BCUT2D eigenvalue weighted by Crippen LogP contribution is 2.18. The van der Waals surface area contributed by atoms with Crippen LogP contribution in [0.4, 0.5) is 0 Å². The second-order valence-electron chi connectivity index (χ2n) is 22.4. The van der Waals surface area contributed by atoms with Gasteiger partial charge in [0, 0.05) is 19.3 Å². The summed E-state index contributed by atoms with van der Waals surface area (Å²) >= 11 is 0. The molecular formula is C67H126O6. The molecule has 0 heterocycles. The van der Waals surface area contributed by atoms with Gasteiger partial charge in [0.05, 0.1) is 0 Å². The molecule has 1 atom stereocenters. The summed E-state index contributed by atoms with van der Waals surface area (Å²) in [5.74, 6) is -0.847. The largest absolute Gasteiger partial charge is 0.462 e. The zero-order valence-electron chi connectivity index (χ0n) is 49.4. The van der Waals surface area contributed by atoms with Gasteiger partial charge in [-0.2, -0.15) is 0 Å². The van der Waals surface area contributed by atoms with Crippen LogP contribution in [0.5, 0.6) is 0 Å². The summed E-state index contributed by atoms with van der Waals surface area (Å²) < 4.78 is 17.0. The maximum atomic E-state index is 12.9. The Labute approximate surface area is 455 Å². The Hall–Kier alpha value is -2.11.